The number of aliphatic carboxylic acids is 1. The Morgan fingerprint density at radius 3 is 2.50 bits per heavy atom. The minimum absolute atomic E-state index is 0.154. The van der Waals surface area contributed by atoms with Gasteiger partial charge in [-0.25, -0.2) is 4.79 Å². The Balaban J connectivity index is 3.01. The van der Waals surface area contributed by atoms with E-state index in [0.29, 0.717) is 5.02 Å². The second-order valence-corrected chi connectivity index (χ2v) is 3.75. The minimum Gasteiger partial charge on any atom is -0.478 e. The summed E-state index contributed by atoms with van der Waals surface area (Å²) in [6, 6.07) is 8.80. The maximum Gasteiger partial charge on any atom is 0.330 e. The van der Waals surface area contributed by atoms with Gasteiger partial charge in [0.15, 0.2) is 0 Å². The SMILES string of the molecule is C/C(=C\C(C#N)c1ccc(Cl)cc1)C(=O)O. The van der Waals surface area contributed by atoms with Crippen LogP contribution in [0.25, 0.3) is 0 Å². The third-order valence-corrected chi connectivity index (χ3v) is 2.37. The van der Waals surface area contributed by atoms with Crippen molar-refractivity contribution >= 4 is 17.6 Å². The highest BCUT2D eigenvalue weighted by Gasteiger charge is 2.10. The smallest absolute Gasteiger partial charge is 0.330 e. The van der Waals surface area contributed by atoms with Crippen molar-refractivity contribution in [3.05, 3.63) is 46.5 Å². The van der Waals surface area contributed by atoms with E-state index in [-0.39, 0.29) is 5.57 Å². The van der Waals surface area contributed by atoms with E-state index >= 15 is 0 Å². The molecule has 0 aliphatic rings. The van der Waals surface area contributed by atoms with Crippen LogP contribution in [0.4, 0.5) is 0 Å². The number of halogens is 1. The van der Waals surface area contributed by atoms with Crippen LogP contribution in [0.1, 0.15) is 18.4 Å². The van der Waals surface area contributed by atoms with Crippen molar-refractivity contribution in [2.45, 2.75) is 12.8 Å². The van der Waals surface area contributed by atoms with Gasteiger partial charge in [0.05, 0.1) is 12.0 Å². The van der Waals surface area contributed by atoms with Gasteiger partial charge in [-0.15, -0.1) is 0 Å². The van der Waals surface area contributed by atoms with Crippen LogP contribution in [-0.2, 0) is 4.79 Å². The number of carbonyl (C=O) groups is 1. The van der Waals surface area contributed by atoms with Gasteiger partial charge in [0.25, 0.3) is 0 Å². The molecule has 0 aliphatic carbocycles. The molecule has 0 aliphatic heterocycles. The van der Waals surface area contributed by atoms with Crippen molar-refractivity contribution in [2.24, 2.45) is 0 Å². The number of carboxylic acids is 1. The Labute approximate surface area is 98.6 Å². The van der Waals surface area contributed by atoms with E-state index in [0.717, 1.165) is 5.56 Å². The van der Waals surface area contributed by atoms with E-state index < -0.39 is 11.9 Å². The van der Waals surface area contributed by atoms with Gasteiger partial charge >= 0.3 is 5.97 Å². The second kappa shape index (κ2) is 5.34. The van der Waals surface area contributed by atoms with Crippen molar-refractivity contribution in [2.75, 3.05) is 0 Å². The summed E-state index contributed by atoms with van der Waals surface area (Å²) >= 11 is 5.72. The van der Waals surface area contributed by atoms with Crippen molar-refractivity contribution in [1.29, 1.82) is 5.26 Å². The van der Waals surface area contributed by atoms with Gasteiger partial charge in [0.1, 0.15) is 0 Å². The van der Waals surface area contributed by atoms with Gasteiger partial charge in [0, 0.05) is 10.6 Å². The lowest BCUT2D eigenvalue weighted by Gasteiger charge is -2.05. The molecule has 0 fully saturated rings. The lowest BCUT2D eigenvalue weighted by atomic mass is 9.98. The summed E-state index contributed by atoms with van der Waals surface area (Å²) in [5, 5.41) is 18.3. The summed E-state index contributed by atoms with van der Waals surface area (Å²) < 4.78 is 0. The lowest BCUT2D eigenvalue weighted by molar-refractivity contribution is -0.132. The minimum atomic E-state index is -1.02. The topological polar surface area (TPSA) is 61.1 Å². The maximum absolute atomic E-state index is 10.6. The van der Waals surface area contributed by atoms with Crippen molar-refractivity contribution < 1.29 is 9.90 Å². The normalized spacial score (nSPS) is 12.9. The number of allylic oxidation sites excluding steroid dienone is 1. The molecule has 0 bridgehead atoms. The predicted octanol–water partition coefficient (Wildman–Crippen LogP) is 2.98. The number of rotatable bonds is 3. The molecule has 4 heteroatoms. The largest absolute Gasteiger partial charge is 0.478 e. The standard InChI is InChI=1S/C12H10ClNO2/c1-8(12(15)16)6-10(7-14)9-2-4-11(13)5-3-9/h2-6,10H,1H3,(H,15,16)/b8-6+. The molecule has 0 heterocycles. The van der Waals surface area contributed by atoms with Crippen LogP contribution in [0.3, 0.4) is 0 Å². The van der Waals surface area contributed by atoms with E-state index in [4.69, 9.17) is 22.0 Å². The maximum atomic E-state index is 10.6. The van der Waals surface area contributed by atoms with E-state index in [1.54, 1.807) is 24.3 Å². The first kappa shape index (κ1) is 12.3. The Hall–Kier alpha value is -1.79. The number of carboxylic acid groups (broad SMARTS) is 1. The Kier molecular flexibility index (Phi) is 4.10. The molecule has 1 unspecified atom stereocenters. The Bertz CT molecular complexity index is 457. The molecule has 1 aromatic carbocycles. The first-order valence-corrected chi connectivity index (χ1v) is 4.99. The molecule has 0 spiro atoms. The van der Waals surface area contributed by atoms with E-state index in [1.807, 2.05) is 6.07 Å². The molecule has 1 aromatic rings. The molecule has 0 radical (unpaired) electrons. The molecule has 0 saturated carbocycles. The summed E-state index contributed by atoms with van der Waals surface area (Å²) in [7, 11) is 0. The van der Waals surface area contributed by atoms with Crippen molar-refractivity contribution in [3.8, 4) is 6.07 Å². The number of hydrogen-bond acceptors (Lipinski definition) is 2. The van der Waals surface area contributed by atoms with Crippen molar-refractivity contribution in [1.82, 2.24) is 0 Å². The fraction of sp³-hybridized carbons (Fsp3) is 0.167. The summed E-state index contributed by atoms with van der Waals surface area (Å²) in [5.41, 5.74) is 0.883. The first-order chi connectivity index (χ1) is 7.54. The third kappa shape index (κ3) is 3.11. The zero-order chi connectivity index (χ0) is 12.1. The molecular weight excluding hydrogens is 226 g/mol. The Morgan fingerprint density at radius 1 is 1.50 bits per heavy atom. The number of nitriles is 1. The average molecular weight is 236 g/mol. The summed E-state index contributed by atoms with van der Waals surface area (Å²) in [5.74, 6) is -1.58. The van der Waals surface area contributed by atoms with Gasteiger partial charge in [0.2, 0.25) is 0 Å². The van der Waals surface area contributed by atoms with Crippen LogP contribution in [0.15, 0.2) is 35.9 Å². The highest BCUT2D eigenvalue weighted by atomic mass is 35.5. The quantitative estimate of drug-likeness (QED) is 0.820. The van der Waals surface area contributed by atoms with Crippen LogP contribution in [0.5, 0.6) is 0 Å². The van der Waals surface area contributed by atoms with Gasteiger partial charge in [-0.1, -0.05) is 29.8 Å². The molecule has 0 saturated heterocycles. The predicted molar refractivity (Wildman–Crippen MR) is 61.2 cm³/mol. The average Bonchev–Trinajstić information content (AvgIpc) is 2.26. The summed E-state index contributed by atoms with van der Waals surface area (Å²) in [6.45, 7) is 1.46. The van der Waals surface area contributed by atoms with Crippen LogP contribution in [-0.4, -0.2) is 11.1 Å². The lowest BCUT2D eigenvalue weighted by Crippen LogP contribution is -2.00. The van der Waals surface area contributed by atoms with E-state index in [9.17, 15) is 4.79 Å². The van der Waals surface area contributed by atoms with Crippen molar-refractivity contribution in [3.63, 3.8) is 0 Å². The number of hydrogen-bond donors (Lipinski definition) is 1. The van der Waals surface area contributed by atoms with Gasteiger partial charge in [-0.3, -0.25) is 0 Å². The number of benzene rings is 1. The molecule has 1 atom stereocenters. The molecule has 16 heavy (non-hydrogen) atoms. The monoisotopic (exact) mass is 235 g/mol. The molecular formula is C12H10ClNO2. The Morgan fingerprint density at radius 2 is 2.06 bits per heavy atom. The summed E-state index contributed by atoms with van der Waals surface area (Å²) in [6.07, 6.45) is 1.42. The van der Waals surface area contributed by atoms with E-state index in [2.05, 4.69) is 0 Å². The summed E-state index contributed by atoms with van der Waals surface area (Å²) in [4.78, 5) is 10.6. The van der Waals surface area contributed by atoms with Gasteiger partial charge in [-0.05, 0) is 24.6 Å². The number of nitrogens with zero attached hydrogens (tertiary/aromatic N) is 1. The molecule has 0 amide bonds. The highest BCUT2D eigenvalue weighted by Crippen LogP contribution is 2.20. The zero-order valence-electron chi connectivity index (χ0n) is 8.64. The van der Waals surface area contributed by atoms with Crippen LogP contribution in [0.2, 0.25) is 5.02 Å². The first-order valence-electron chi connectivity index (χ1n) is 4.61. The fourth-order valence-electron chi connectivity index (χ4n) is 1.20. The highest BCUT2D eigenvalue weighted by molar-refractivity contribution is 6.30. The van der Waals surface area contributed by atoms with Crippen LogP contribution < -0.4 is 0 Å². The molecule has 1 rings (SSSR count). The second-order valence-electron chi connectivity index (χ2n) is 3.31. The van der Waals surface area contributed by atoms with Crippen LogP contribution in [0, 0.1) is 11.3 Å². The van der Waals surface area contributed by atoms with Gasteiger partial charge < -0.3 is 5.11 Å². The zero-order valence-corrected chi connectivity index (χ0v) is 9.40. The van der Waals surface area contributed by atoms with E-state index in [1.165, 1.54) is 13.0 Å². The molecule has 82 valence electrons. The van der Waals surface area contributed by atoms with Crippen LogP contribution >= 0.6 is 11.6 Å². The molecule has 0 aromatic heterocycles. The molecule has 3 nitrogen and oxygen atoms in total. The molecule has 1 N–H and O–H groups in total. The third-order valence-electron chi connectivity index (χ3n) is 2.12. The van der Waals surface area contributed by atoms with Gasteiger partial charge in [-0.2, -0.15) is 5.26 Å². The fourth-order valence-corrected chi connectivity index (χ4v) is 1.33.